The molecule has 0 aliphatic carbocycles. The molecular formula is C16H13ClN4O3. The molecule has 3 rings (SSSR count). The zero-order valence-electron chi connectivity index (χ0n) is 12.6. The predicted octanol–water partition coefficient (Wildman–Crippen LogP) is 3.62. The zero-order chi connectivity index (χ0) is 17.3. The second kappa shape index (κ2) is 6.29. The molecule has 24 heavy (non-hydrogen) atoms. The van der Waals surface area contributed by atoms with Crippen molar-refractivity contribution in [2.75, 3.05) is 0 Å². The van der Waals surface area contributed by atoms with E-state index in [-0.39, 0.29) is 16.3 Å². The Balaban J connectivity index is 1.83. The van der Waals surface area contributed by atoms with E-state index in [1.807, 2.05) is 24.3 Å². The lowest BCUT2D eigenvalue weighted by Crippen LogP contribution is -2.27. The van der Waals surface area contributed by atoms with Crippen molar-refractivity contribution in [3.05, 3.63) is 69.0 Å². The van der Waals surface area contributed by atoms with Crippen molar-refractivity contribution in [1.82, 2.24) is 15.3 Å². The molecule has 1 unspecified atom stereocenters. The van der Waals surface area contributed by atoms with Crippen LogP contribution in [0.5, 0.6) is 0 Å². The fourth-order valence-corrected chi connectivity index (χ4v) is 2.52. The number of H-pyrrole nitrogens is 1. The number of amides is 1. The van der Waals surface area contributed by atoms with Gasteiger partial charge in [-0.25, -0.2) is 4.98 Å². The van der Waals surface area contributed by atoms with Gasteiger partial charge in [-0.05, 0) is 25.1 Å². The van der Waals surface area contributed by atoms with Crippen LogP contribution in [-0.2, 0) is 0 Å². The molecule has 0 radical (unpaired) electrons. The number of non-ortho nitro benzene ring substituents is 1. The molecule has 1 amide bonds. The first-order chi connectivity index (χ1) is 11.5. The maximum absolute atomic E-state index is 12.4. The Morgan fingerprint density at radius 1 is 1.33 bits per heavy atom. The lowest BCUT2D eigenvalue weighted by Gasteiger charge is -2.12. The van der Waals surface area contributed by atoms with Gasteiger partial charge in [0, 0.05) is 12.1 Å². The number of nitrogens with zero attached hydrogens (tertiary/aromatic N) is 2. The van der Waals surface area contributed by atoms with Crippen LogP contribution in [0.25, 0.3) is 11.0 Å². The summed E-state index contributed by atoms with van der Waals surface area (Å²) >= 11 is 5.98. The van der Waals surface area contributed by atoms with Crippen LogP contribution in [-0.4, -0.2) is 20.8 Å². The Labute approximate surface area is 141 Å². The second-order valence-corrected chi connectivity index (χ2v) is 5.66. The van der Waals surface area contributed by atoms with Gasteiger partial charge in [0.2, 0.25) is 0 Å². The highest BCUT2D eigenvalue weighted by molar-refractivity contribution is 6.33. The number of fused-ring (bicyclic) bond motifs is 1. The molecule has 8 heteroatoms. The van der Waals surface area contributed by atoms with Crippen LogP contribution in [0.3, 0.4) is 0 Å². The lowest BCUT2D eigenvalue weighted by atomic mass is 10.1. The molecular weight excluding hydrogens is 332 g/mol. The Kier molecular flexibility index (Phi) is 4.18. The Hall–Kier alpha value is -2.93. The molecule has 0 spiro atoms. The summed E-state index contributed by atoms with van der Waals surface area (Å²) in [5, 5.41) is 13.7. The minimum absolute atomic E-state index is 0.0498. The third kappa shape index (κ3) is 3.07. The molecule has 2 aromatic carbocycles. The Morgan fingerprint density at radius 3 is 2.79 bits per heavy atom. The number of carbonyl (C=O) groups is 1. The van der Waals surface area contributed by atoms with Crippen molar-refractivity contribution in [2.45, 2.75) is 13.0 Å². The molecule has 0 saturated heterocycles. The van der Waals surface area contributed by atoms with Gasteiger partial charge in [-0.2, -0.15) is 0 Å². The van der Waals surface area contributed by atoms with Gasteiger partial charge in [0.1, 0.15) is 5.82 Å². The van der Waals surface area contributed by atoms with Gasteiger partial charge < -0.3 is 10.3 Å². The molecule has 2 N–H and O–H groups in total. The monoisotopic (exact) mass is 344 g/mol. The highest BCUT2D eigenvalue weighted by atomic mass is 35.5. The molecule has 0 saturated carbocycles. The number of carbonyl (C=O) groups excluding carboxylic acids is 1. The van der Waals surface area contributed by atoms with Crippen molar-refractivity contribution < 1.29 is 9.72 Å². The average Bonchev–Trinajstić information content (AvgIpc) is 2.99. The SMILES string of the molecule is CC(NC(=O)c1cc([N+](=O)[O-])ccc1Cl)c1nc2ccccc2[nH]1. The molecule has 3 aromatic rings. The van der Waals surface area contributed by atoms with Gasteiger partial charge in [-0.1, -0.05) is 23.7 Å². The number of aromatic amines is 1. The average molecular weight is 345 g/mol. The molecule has 0 aliphatic rings. The summed E-state index contributed by atoms with van der Waals surface area (Å²) in [6, 6.07) is 10.8. The van der Waals surface area contributed by atoms with E-state index in [1.54, 1.807) is 6.92 Å². The van der Waals surface area contributed by atoms with Crippen molar-refractivity contribution in [3.63, 3.8) is 0 Å². The molecule has 0 fully saturated rings. The molecule has 0 aliphatic heterocycles. The van der Waals surface area contributed by atoms with Crippen LogP contribution in [0.4, 0.5) is 5.69 Å². The van der Waals surface area contributed by atoms with Crippen LogP contribution in [0.1, 0.15) is 29.1 Å². The predicted molar refractivity (Wildman–Crippen MR) is 90.1 cm³/mol. The van der Waals surface area contributed by atoms with Gasteiger partial charge in [-0.3, -0.25) is 14.9 Å². The van der Waals surface area contributed by atoms with Gasteiger partial charge >= 0.3 is 0 Å². The van der Waals surface area contributed by atoms with E-state index in [0.29, 0.717) is 5.82 Å². The maximum atomic E-state index is 12.4. The largest absolute Gasteiger partial charge is 0.342 e. The van der Waals surface area contributed by atoms with E-state index in [2.05, 4.69) is 15.3 Å². The van der Waals surface area contributed by atoms with Crippen LogP contribution in [0.15, 0.2) is 42.5 Å². The summed E-state index contributed by atoms with van der Waals surface area (Å²) in [5.41, 5.74) is 1.51. The summed E-state index contributed by atoms with van der Waals surface area (Å²) in [5.74, 6) is 0.0859. The fraction of sp³-hybridized carbons (Fsp3) is 0.125. The van der Waals surface area contributed by atoms with E-state index in [9.17, 15) is 14.9 Å². The van der Waals surface area contributed by atoms with Gasteiger partial charge in [-0.15, -0.1) is 0 Å². The van der Waals surface area contributed by atoms with Crippen molar-refractivity contribution in [2.24, 2.45) is 0 Å². The van der Waals surface area contributed by atoms with Crippen LogP contribution in [0.2, 0.25) is 5.02 Å². The molecule has 0 bridgehead atoms. The summed E-state index contributed by atoms with van der Waals surface area (Å²) in [4.78, 5) is 30.2. The summed E-state index contributed by atoms with van der Waals surface area (Å²) in [6.45, 7) is 1.76. The second-order valence-electron chi connectivity index (χ2n) is 5.26. The minimum atomic E-state index is -0.574. The van der Waals surface area contributed by atoms with Crippen LogP contribution >= 0.6 is 11.6 Å². The van der Waals surface area contributed by atoms with Crippen molar-refractivity contribution >= 4 is 34.2 Å². The minimum Gasteiger partial charge on any atom is -0.342 e. The smallest absolute Gasteiger partial charge is 0.270 e. The summed E-state index contributed by atoms with van der Waals surface area (Å²) in [6.07, 6.45) is 0. The number of hydrogen-bond donors (Lipinski definition) is 2. The molecule has 1 heterocycles. The van der Waals surface area contributed by atoms with Gasteiger partial charge in [0.05, 0.1) is 32.6 Å². The highest BCUT2D eigenvalue weighted by Crippen LogP contribution is 2.23. The first kappa shape index (κ1) is 15.9. The molecule has 7 nitrogen and oxygen atoms in total. The number of imidazole rings is 1. The molecule has 1 aromatic heterocycles. The number of para-hydroxylation sites is 2. The molecule has 1 atom stereocenters. The van der Waals surface area contributed by atoms with E-state index >= 15 is 0 Å². The number of nitro benzene ring substituents is 1. The van der Waals surface area contributed by atoms with Crippen LogP contribution < -0.4 is 5.32 Å². The maximum Gasteiger partial charge on any atom is 0.270 e. The van der Waals surface area contributed by atoms with E-state index in [4.69, 9.17) is 11.6 Å². The number of halogens is 1. The number of nitro groups is 1. The van der Waals surface area contributed by atoms with Gasteiger partial charge in [0.15, 0.2) is 0 Å². The van der Waals surface area contributed by atoms with Gasteiger partial charge in [0.25, 0.3) is 11.6 Å². The highest BCUT2D eigenvalue weighted by Gasteiger charge is 2.19. The Morgan fingerprint density at radius 2 is 2.08 bits per heavy atom. The third-order valence-corrected chi connectivity index (χ3v) is 3.90. The summed E-state index contributed by atoms with van der Waals surface area (Å²) in [7, 11) is 0. The zero-order valence-corrected chi connectivity index (χ0v) is 13.4. The Bertz CT molecular complexity index is 905. The van der Waals surface area contributed by atoms with Crippen LogP contribution in [0, 0.1) is 10.1 Å². The standard InChI is InChI=1S/C16H13ClN4O3/c1-9(15-19-13-4-2-3-5-14(13)20-15)18-16(22)11-8-10(21(23)24)6-7-12(11)17/h2-9H,1H3,(H,18,22)(H,19,20). The third-order valence-electron chi connectivity index (χ3n) is 3.57. The number of hydrogen-bond acceptors (Lipinski definition) is 4. The number of aromatic nitrogens is 2. The number of nitrogens with one attached hydrogen (secondary N) is 2. The quantitative estimate of drug-likeness (QED) is 0.557. The summed E-state index contributed by atoms with van der Waals surface area (Å²) < 4.78 is 0. The topological polar surface area (TPSA) is 101 Å². The normalized spacial score (nSPS) is 12.1. The van der Waals surface area contributed by atoms with E-state index in [0.717, 1.165) is 17.1 Å². The first-order valence-electron chi connectivity index (χ1n) is 7.15. The van der Waals surface area contributed by atoms with Crippen molar-refractivity contribution in [1.29, 1.82) is 0 Å². The first-order valence-corrected chi connectivity index (χ1v) is 7.53. The van der Waals surface area contributed by atoms with Crippen molar-refractivity contribution in [3.8, 4) is 0 Å². The lowest BCUT2D eigenvalue weighted by molar-refractivity contribution is -0.384. The van der Waals surface area contributed by atoms with E-state index in [1.165, 1.54) is 12.1 Å². The van der Waals surface area contributed by atoms with E-state index < -0.39 is 16.9 Å². The fourth-order valence-electron chi connectivity index (χ4n) is 2.32. The number of benzene rings is 2. The number of rotatable bonds is 4. The molecule has 122 valence electrons.